The Kier molecular flexibility index (Phi) is 6.32. The first kappa shape index (κ1) is 15.1. The highest BCUT2D eigenvalue weighted by Gasteiger charge is 2.19. The molecule has 1 aromatic rings. The molecule has 4 nitrogen and oxygen atoms in total. The summed E-state index contributed by atoms with van der Waals surface area (Å²) in [6.07, 6.45) is -0.325. The van der Waals surface area contributed by atoms with Gasteiger partial charge in [0.15, 0.2) is 6.10 Å². The minimum atomic E-state index is -1.14. The Morgan fingerprint density at radius 2 is 2.06 bits per heavy atom. The number of hydrogen-bond donors (Lipinski definition) is 2. The molecule has 0 aromatic heterocycles. The maximum Gasteiger partial charge on any atom is 0.335 e. The van der Waals surface area contributed by atoms with E-state index < -0.39 is 12.1 Å². The fourth-order valence-electron chi connectivity index (χ4n) is 1.63. The predicted molar refractivity (Wildman–Crippen MR) is 73.1 cm³/mol. The molecule has 5 heteroatoms. The van der Waals surface area contributed by atoms with Crippen molar-refractivity contribution in [1.82, 2.24) is 0 Å². The number of hydrogen-bond acceptors (Lipinski definition) is 4. The largest absolute Gasteiger partial charge is 0.464 e. The molecule has 1 rings (SSSR count). The highest BCUT2D eigenvalue weighted by Crippen LogP contribution is 2.13. The summed E-state index contributed by atoms with van der Waals surface area (Å²) in [6, 6.07) is 7.51. The highest BCUT2D eigenvalue weighted by atomic mass is 79.9. The van der Waals surface area contributed by atoms with E-state index in [1.165, 1.54) is 0 Å². The van der Waals surface area contributed by atoms with Crippen molar-refractivity contribution < 1.29 is 14.6 Å². The summed E-state index contributed by atoms with van der Waals surface area (Å²) in [4.78, 5) is 11.2. The highest BCUT2D eigenvalue weighted by molar-refractivity contribution is 9.10. The first-order valence-electron chi connectivity index (χ1n) is 5.87. The van der Waals surface area contributed by atoms with Gasteiger partial charge in [-0.3, -0.25) is 0 Å². The SMILES string of the molecule is CCOC(=O)[C@@H](O)C[C@H](N)Cc1ccc(Br)cc1. The fourth-order valence-corrected chi connectivity index (χ4v) is 1.89. The quantitative estimate of drug-likeness (QED) is 0.783. The van der Waals surface area contributed by atoms with Crippen molar-refractivity contribution in [3.8, 4) is 0 Å². The van der Waals surface area contributed by atoms with Crippen molar-refractivity contribution in [2.45, 2.75) is 31.9 Å². The second-order valence-electron chi connectivity index (χ2n) is 4.09. The van der Waals surface area contributed by atoms with E-state index in [4.69, 9.17) is 10.5 Å². The molecule has 0 aliphatic heterocycles. The van der Waals surface area contributed by atoms with Gasteiger partial charge >= 0.3 is 5.97 Å². The lowest BCUT2D eigenvalue weighted by molar-refractivity contribution is -0.153. The van der Waals surface area contributed by atoms with Crippen LogP contribution < -0.4 is 5.73 Å². The lowest BCUT2D eigenvalue weighted by Gasteiger charge is -2.15. The number of aliphatic hydroxyl groups excluding tert-OH is 1. The van der Waals surface area contributed by atoms with E-state index >= 15 is 0 Å². The zero-order valence-electron chi connectivity index (χ0n) is 10.3. The molecular formula is C13H18BrNO3. The van der Waals surface area contributed by atoms with Crippen LogP contribution in [0.3, 0.4) is 0 Å². The molecule has 2 atom stereocenters. The van der Waals surface area contributed by atoms with Gasteiger partial charge in [0.05, 0.1) is 6.61 Å². The van der Waals surface area contributed by atoms with Gasteiger partial charge in [0.2, 0.25) is 0 Å². The van der Waals surface area contributed by atoms with Crippen LogP contribution in [-0.4, -0.2) is 29.8 Å². The van der Waals surface area contributed by atoms with E-state index in [1.807, 2.05) is 24.3 Å². The third kappa shape index (κ3) is 5.16. The number of halogens is 1. The number of carbonyl (C=O) groups is 1. The average Bonchev–Trinajstić information content (AvgIpc) is 2.32. The fraction of sp³-hybridized carbons (Fsp3) is 0.462. The van der Waals surface area contributed by atoms with Gasteiger partial charge in [0, 0.05) is 10.5 Å². The number of carbonyl (C=O) groups excluding carboxylic acids is 1. The van der Waals surface area contributed by atoms with Crippen LogP contribution in [0.15, 0.2) is 28.7 Å². The Hall–Kier alpha value is -0.910. The third-order valence-corrected chi connectivity index (χ3v) is 3.02. The van der Waals surface area contributed by atoms with Crippen molar-refractivity contribution in [3.05, 3.63) is 34.3 Å². The molecule has 100 valence electrons. The maximum absolute atomic E-state index is 11.2. The van der Waals surface area contributed by atoms with Gasteiger partial charge in [0.1, 0.15) is 0 Å². The molecule has 0 aliphatic rings. The number of ether oxygens (including phenoxy) is 1. The Bertz CT molecular complexity index is 380. The van der Waals surface area contributed by atoms with Gasteiger partial charge < -0.3 is 15.6 Å². The van der Waals surface area contributed by atoms with E-state index in [0.29, 0.717) is 6.42 Å². The second kappa shape index (κ2) is 7.51. The topological polar surface area (TPSA) is 72.5 Å². The summed E-state index contributed by atoms with van der Waals surface area (Å²) >= 11 is 3.36. The number of rotatable bonds is 6. The second-order valence-corrected chi connectivity index (χ2v) is 5.01. The van der Waals surface area contributed by atoms with Gasteiger partial charge in [0.25, 0.3) is 0 Å². The van der Waals surface area contributed by atoms with E-state index in [9.17, 15) is 9.90 Å². The normalized spacial score (nSPS) is 14.0. The van der Waals surface area contributed by atoms with E-state index in [0.717, 1.165) is 10.0 Å². The minimum Gasteiger partial charge on any atom is -0.464 e. The van der Waals surface area contributed by atoms with Crippen LogP contribution in [0.2, 0.25) is 0 Å². The lowest BCUT2D eigenvalue weighted by atomic mass is 10.0. The van der Waals surface area contributed by atoms with E-state index in [1.54, 1.807) is 6.92 Å². The molecule has 18 heavy (non-hydrogen) atoms. The lowest BCUT2D eigenvalue weighted by Crippen LogP contribution is -2.33. The molecule has 0 bridgehead atoms. The molecule has 0 spiro atoms. The summed E-state index contributed by atoms with van der Waals surface area (Å²) in [7, 11) is 0. The van der Waals surface area contributed by atoms with Crippen molar-refractivity contribution in [3.63, 3.8) is 0 Å². The maximum atomic E-state index is 11.2. The number of esters is 1. The Balaban J connectivity index is 2.43. The van der Waals surface area contributed by atoms with Crippen LogP contribution in [0.25, 0.3) is 0 Å². The summed E-state index contributed by atoms with van der Waals surface area (Å²) in [5.41, 5.74) is 6.97. The molecule has 0 fully saturated rings. The summed E-state index contributed by atoms with van der Waals surface area (Å²) in [5, 5.41) is 9.58. The summed E-state index contributed by atoms with van der Waals surface area (Å²) in [5.74, 6) is -0.608. The van der Waals surface area contributed by atoms with Crippen LogP contribution >= 0.6 is 15.9 Å². The molecule has 0 heterocycles. The molecule has 3 N–H and O–H groups in total. The molecule has 0 radical (unpaired) electrons. The third-order valence-electron chi connectivity index (χ3n) is 2.50. The van der Waals surface area contributed by atoms with Crippen LogP contribution in [0.1, 0.15) is 18.9 Å². The van der Waals surface area contributed by atoms with E-state index in [2.05, 4.69) is 15.9 Å². The average molecular weight is 316 g/mol. The molecule has 0 saturated heterocycles. The molecule has 0 aliphatic carbocycles. The molecule has 1 aromatic carbocycles. The predicted octanol–water partition coefficient (Wildman–Crippen LogP) is 1.63. The molecule has 0 amide bonds. The van der Waals surface area contributed by atoms with Crippen LogP contribution in [0.5, 0.6) is 0 Å². The zero-order valence-corrected chi connectivity index (χ0v) is 11.9. The smallest absolute Gasteiger partial charge is 0.335 e. The molecule has 0 saturated carbocycles. The van der Waals surface area contributed by atoms with Crippen molar-refractivity contribution in [1.29, 1.82) is 0 Å². The van der Waals surface area contributed by atoms with Crippen molar-refractivity contribution in [2.75, 3.05) is 6.61 Å². The van der Waals surface area contributed by atoms with Gasteiger partial charge in [-0.2, -0.15) is 0 Å². The molecule has 0 unspecified atom stereocenters. The molecular weight excluding hydrogens is 298 g/mol. The van der Waals surface area contributed by atoms with Gasteiger partial charge in [-0.1, -0.05) is 28.1 Å². The van der Waals surface area contributed by atoms with Gasteiger partial charge in [-0.25, -0.2) is 4.79 Å². The summed E-state index contributed by atoms with van der Waals surface area (Å²) < 4.78 is 5.73. The zero-order chi connectivity index (χ0) is 13.5. The van der Waals surface area contributed by atoms with Crippen LogP contribution in [0.4, 0.5) is 0 Å². The van der Waals surface area contributed by atoms with Gasteiger partial charge in [-0.15, -0.1) is 0 Å². The standard InChI is InChI=1S/C13H18BrNO3/c1-2-18-13(17)12(16)8-11(15)7-9-3-5-10(14)6-4-9/h3-6,11-12,16H,2,7-8,15H2,1H3/t11-,12+/m1/s1. The Labute approximate surface area is 115 Å². The monoisotopic (exact) mass is 315 g/mol. The number of nitrogens with two attached hydrogens (primary N) is 1. The van der Waals surface area contributed by atoms with Gasteiger partial charge in [-0.05, 0) is 37.5 Å². The van der Waals surface area contributed by atoms with Crippen molar-refractivity contribution in [2.24, 2.45) is 5.73 Å². The van der Waals surface area contributed by atoms with Crippen LogP contribution in [-0.2, 0) is 16.0 Å². The number of aliphatic hydroxyl groups is 1. The van der Waals surface area contributed by atoms with E-state index in [-0.39, 0.29) is 19.1 Å². The van der Waals surface area contributed by atoms with Crippen molar-refractivity contribution >= 4 is 21.9 Å². The van der Waals surface area contributed by atoms with Crippen LogP contribution in [0, 0.1) is 0 Å². The first-order chi connectivity index (χ1) is 8.52. The Morgan fingerprint density at radius 3 is 2.61 bits per heavy atom. The first-order valence-corrected chi connectivity index (χ1v) is 6.67. The number of benzene rings is 1. The Morgan fingerprint density at radius 1 is 1.44 bits per heavy atom. The minimum absolute atomic E-state index is 0.203. The summed E-state index contributed by atoms with van der Waals surface area (Å²) in [6.45, 7) is 1.96.